The van der Waals surface area contributed by atoms with E-state index in [0.29, 0.717) is 18.6 Å². The number of rotatable bonds is 8. The molecule has 0 radical (unpaired) electrons. The number of hydrogen-bond donors (Lipinski definition) is 3. The molecular weight excluding hydrogens is 611 g/mol. The summed E-state index contributed by atoms with van der Waals surface area (Å²) < 4.78 is 19.8. The fourth-order valence-corrected chi connectivity index (χ4v) is 5.76. The minimum Gasteiger partial charge on any atom is -0.491 e. The van der Waals surface area contributed by atoms with Crippen molar-refractivity contribution in [3.63, 3.8) is 0 Å². The normalized spacial score (nSPS) is 19.7. The maximum absolute atomic E-state index is 14.0. The number of halogens is 1. The average Bonchev–Trinajstić information content (AvgIpc) is 3.06. The van der Waals surface area contributed by atoms with Gasteiger partial charge < -0.3 is 25.6 Å². The summed E-state index contributed by atoms with van der Waals surface area (Å²) in [6, 6.07) is 20.3. The Bertz CT molecular complexity index is 1560. The van der Waals surface area contributed by atoms with Crippen LogP contribution in [0.25, 0.3) is 0 Å². The Kier molecular flexibility index (Phi) is 12.3. The van der Waals surface area contributed by atoms with Gasteiger partial charge in [0.1, 0.15) is 30.3 Å². The predicted molar refractivity (Wildman–Crippen MR) is 183 cm³/mol. The van der Waals surface area contributed by atoms with E-state index in [1.807, 2.05) is 58.0 Å². The van der Waals surface area contributed by atoms with Crippen LogP contribution in [0.15, 0.2) is 78.9 Å². The van der Waals surface area contributed by atoms with Crippen molar-refractivity contribution in [2.24, 2.45) is 5.92 Å². The van der Waals surface area contributed by atoms with Gasteiger partial charge in [-0.25, -0.2) is 4.39 Å². The first kappa shape index (κ1) is 36.1. The van der Waals surface area contributed by atoms with Gasteiger partial charge in [0, 0.05) is 25.4 Å². The molecule has 4 rings (SSSR count). The molecule has 1 aliphatic rings. The fourth-order valence-electron chi connectivity index (χ4n) is 5.76. The number of likely N-dealkylation sites (N-methyl/N-ethyl adjacent to an activating group) is 1. The Labute approximate surface area is 282 Å². The number of amides is 4. The second kappa shape index (κ2) is 16.4. The number of para-hydroxylation sites is 1. The average molecular weight is 659 g/mol. The Hall–Kier alpha value is -4.73. The van der Waals surface area contributed by atoms with Crippen molar-refractivity contribution in [1.82, 2.24) is 20.9 Å². The Morgan fingerprint density at radius 1 is 0.979 bits per heavy atom. The van der Waals surface area contributed by atoms with Crippen LogP contribution in [0.3, 0.4) is 0 Å². The van der Waals surface area contributed by atoms with E-state index in [1.54, 1.807) is 48.3 Å². The molecule has 0 spiro atoms. The van der Waals surface area contributed by atoms with Crippen LogP contribution < -0.4 is 20.7 Å². The van der Waals surface area contributed by atoms with Gasteiger partial charge in [0.05, 0.1) is 11.6 Å². The van der Waals surface area contributed by atoms with E-state index in [-0.39, 0.29) is 49.2 Å². The van der Waals surface area contributed by atoms with Crippen molar-refractivity contribution in [3.05, 3.63) is 101 Å². The second-order valence-electron chi connectivity index (χ2n) is 13.5. The molecule has 3 aromatic carbocycles. The van der Waals surface area contributed by atoms with Gasteiger partial charge in [-0.1, -0.05) is 82.3 Å². The minimum absolute atomic E-state index is 0.00152. The van der Waals surface area contributed by atoms with Gasteiger partial charge in [-0.2, -0.15) is 0 Å². The smallest absolute Gasteiger partial charge is 0.255 e. The van der Waals surface area contributed by atoms with E-state index in [9.17, 15) is 23.6 Å². The fraction of sp³-hybridized carbons (Fsp3) is 0.421. The summed E-state index contributed by atoms with van der Waals surface area (Å²) >= 11 is 0. The summed E-state index contributed by atoms with van der Waals surface area (Å²) in [4.78, 5) is 56.2. The zero-order valence-corrected chi connectivity index (χ0v) is 28.4. The summed E-state index contributed by atoms with van der Waals surface area (Å²) in [5, 5.41) is 8.64. The molecule has 256 valence electrons. The number of nitrogens with zero attached hydrogens (tertiary/aromatic N) is 1. The molecule has 48 heavy (non-hydrogen) atoms. The van der Waals surface area contributed by atoms with Crippen molar-refractivity contribution in [1.29, 1.82) is 0 Å². The van der Waals surface area contributed by atoms with E-state index in [0.717, 1.165) is 11.1 Å². The molecule has 0 unspecified atom stereocenters. The van der Waals surface area contributed by atoms with Crippen molar-refractivity contribution in [2.75, 3.05) is 20.2 Å². The number of carbonyl (C=O) groups excluding carboxylic acids is 4. The van der Waals surface area contributed by atoms with E-state index in [1.165, 1.54) is 12.1 Å². The van der Waals surface area contributed by atoms with E-state index in [2.05, 4.69) is 16.0 Å². The lowest BCUT2D eigenvalue weighted by Gasteiger charge is -2.32. The van der Waals surface area contributed by atoms with Gasteiger partial charge in [0.25, 0.3) is 5.91 Å². The molecule has 9 nitrogen and oxygen atoms in total. The molecule has 0 saturated heterocycles. The van der Waals surface area contributed by atoms with E-state index >= 15 is 0 Å². The third-order valence-corrected chi connectivity index (χ3v) is 8.72. The van der Waals surface area contributed by atoms with Gasteiger partial charge in [0.15, 0.2) is 0 Å². The number of carbonyl (C=O) groups is 4. The first-order valence-electron chi connectivity index (χ1n) is 16.5. The highest BCUT2D eigenvalue weighted by Crippen LogP contribution is 2.24. The van der Waals surface area contributed by atoms with Crippen molar-refractivity contribution in [2.45, 2.75) is 76.9 Å². The maximum Gasteiger partial charge on any atom is 0.255 e. The molecule has 4 amide bonds. The molecule has 1 aliphatic heterocycles. The molecule has 3 atom stereocenters. The van der Waals surface area contributed by atoms with Gasteiger partial charge >= 0.3 is 0 Å². The van der Waals surface area contributed by atoms with E-state index in [4.69, 9.17) is 4.74 Å². The number of nitrogens with one attached hydrogen (secondary N) is 3. The third-order valence-electron chi connectivity index (χ3n) is 8.72. The summed E-state index contributed by atoms with van der Waals surface area (Å²) in [5.41, 5.74) is 1.52. The maximum atomic E-state index is 14.0. The standard InChI is InChI=1S/C38H47FN4O5/c1-25(2)21-32-37(47)43(5)29(22-26-11-7-6-8-12-26)23-48-33-14-10-9-13-30(33)35(45)42-31(19-20-34(44)41-32)36(46)40-24-38(3,4)27-15-17-28(39)18-16-27/h6-18,25,29,31-32H,19-24H2,1-5H3,(H,40,46)(H,41,44)(H,42,45)/t29-,31+,32+/m1/s1. The summed E-state index contributed by atoms with van der Waals surface area (Å²) in [7, 11) is 1.71. The predicted octanol–water partition coefficient (Wildman–Crippen LogP) is 4.79. The Balaban J connectivity index is 1.62. The Morgan fingerprint density at radius 3 is 2.33 bits per heavy atom. The van der Waals surface area contributed by atoms with Gasteiger partial charge in [0.2, 0.25) is 17.7 Å². The van der Waals surface area contributed by atoms with Gasteiger partial charge in [-0.05, 0) is 60.6 Å². The highest BCUT2D eigenvalue weighted by molar-refractivity contribution is 6.00. The zero-order valence-electron chi connectivity index (χ0n) is 28.4. The largest absolute Gasteiger partial charge is 0.491 e. The molecule has 0 bridgehead atoms. The lowest BCUT2D eigenvalue weighted by molar-refractivity contribution is -0.138. The highest BCUT2D eigenvalue weighted by atomic mass is 19.1. The summed E-state index contributed by atoms with van der Waals surface area (Å²) in [6.07, 6.45) is 0.821. The molecule has 0 fully saturated rings. The van der Waals surface area contributed by atoms with Crippen LogP contribution in [0.2, 0.25) is 0 Å². The Morgan fingerprint density at radius 2 is 1.65 bits per heavy atom. The summed E-state index contributed by atoms with van der Waals surface area (Å²) in [6.45, 7) is 8.11. The quantitative estimate of drug-likeness (QED) is 0.322. The van der Waals surface area contributed by atoms with Crippen LogP contribution in [0.1, 0.15) is 68.4 Å². The second-order valence-corrected chi connectivity index (χ2v) is 13.5. The monoisotopic (exact) mass is 658 g/mol. The lowest BCUT2D eigenvalue weighted by Crippen LogP contribution is -2.53. The van der Waals surface area contributed by atoms with Crippen LogP contribution in [-0.2, 0) is 26.2 Å². The topological polar surface area (TPSA) is 117 Å². The van der Waals surface area contributed by atoms with Crippen molar-refractivity contribution < 1.29 is 28.3 Å². The molecule has 1 heterocycles. The molecule has 0 aromatic heterocycles. The highest BCUT2D eigenvalue weighted by Gasteiger charge is 2.32. The van der Waals surface area contributed by atoms with Gasteiger partial charge in [-0.15, -0.1) is 0 Å². The molecule has 0 saturated carbocycles. The summed E-state index contributed by atoms with van der Waals surface area (Å²) in [5.74, 6) is -1.55. The number of hydrogen-bond acceptors (Lipinski definition) is 5. The van der Waals surface area contributed by atoms with Crippen LogP contribution >= 0.6 is 0 Å². The number of benzene rings is 3. The minimum atomic E-state index is -1.06. The SMILES string of the molecule is CC(C)C[C@@H]1NC(=O)CC[C@@H](C(=O)NCC(C)(C)c2ccc(F)cc2)NC(=O)c2ccccc2OC[C@@H](Cc2ccccc2)N(C)C1=O. The first-order valence-corrected chi connectivity index (χ1v) is 16.5. The molecule has 10 heteroatoms. The molecular formula is C38H47FN4O5. The number of fused-ring (bicyclic) bond motifs is 1. The lowest BCUT2D eigenvalue weighted by atomic mass is 9.84. The molecule has 3 N–H and O–H groups in total. The first-order chi connectivity index (χ1) is 22.8. The van der Waals surface area contributed by atoms with Crippen LogP contribution in [-0.4, -0.2) is 66.9 Å². The van der Waals surface area contributed by atoms with Crippen LogP contribution in [0, 0.1) is 11.7 Å². The molecule has 0 aliphatic carbocycles. The van der Waals surface area contributed by atoms with Crippen molar-refractivity contribution in [3.8, 4) is 5.75 Å². The van der Waals surface area contributed by atoms with Crippen LogP contribution in [0.5, 0.6) is 5.75 Å². The zero-order chi connectivity index (χ0) is 34.8. The van der Waals surface area contributed by atoms with Gasteiger partial charge in [-0.3, -0.25) is 19.2 Å². The molecule has 3 aromatic rings. The van der Waals surface area contributed by atoms with E-state index < -0.39 is 41.3 Å². The third kappa shape index (κ3) is 9.89. The van der Waals surface area contributed by atoms with Crippen molar-refractivity contribution >= 4 is 23.6 Å². The van der Waals surface area contributed by atoms with Crippen LogP contribution in [0.4, 0.5) is 4.39 Å². The number of ether oxygens (including phenoxy) is 1.